The van der Waals surface area contributed by atoms with Crippen molar-refractivity contribution in [3.63, 3.8) is 0 Å². The van der Waals surface area contributed by atoms with E-state index in [0.717, 1.165) is 16.8 Å². The second-order valence-electron chi connectivity index (χ2n) is 9.19. The van der Waals surface area contributed by atoms with Crippen LogP contribution in [0.5, 0.6) is 0 Å². The lowest BCUT2D eigenvalue weighted by Crippen LogP contribution is -2.37. The Morgan fingerprint density at radius 3 is 2.53 bits per heavy atom. The van der Waals surface area contributed by atoms with Gasteiger partial charge in [0.1, 0.15) is 5.82 Å². The number of nitrogens with one attached hydrogen (secondary N) is 2. The van der Waals surface area contributed by atoms with Gasteiger partial charge in [0, 0.05) is 41.1 Å². The van der Waals surface area contributed by atoms with Gasteiger partial charge in [0.25, 0.3) is 5.91 Å². The molecule has 0 fully saturated rings. The van der Waals surface area contributed by atoms with Crippen molar-refractivity contribution in [1.82, 2.24) is 10.3 Å². The molecule has 0 saturated carbocycles. The zero-order chi connectivity index (χ0) is 25.4. The van der Waals surface area contributed by atoms with Gasteiger partial charge in [0.15, 0.2) is 5.78 Å². The number of carbonyl (C=O) groups excluding carboxylic acids is 2. The van der Waals surface area contributed by atoms with Gasteiger partial charge < -0.3 is 10.6 Å². The molecule has 1 aliphatic heterocycles. The summed E-state index contributed by atoms with van der Waals surface area (Å²) < 4.78 is 0. The van der Waals surface area contributed by atoms with Gasteiger partial charge in [-0.1, -0.05) is 71.7 Å². The quantitative estimate of drug-likeness (QED) is 0.404. The molecule has 182 valence electrons. The molecule has 1 aliphatic carbocycles. The number of aromatic nitrogens is 1. The van der Waals surface area contributed by atoms with Crippen molar-refractivity contribution in [2.45, 2.75) is 38.5 Å². The molecule has 0 unspecified atom stereocenters. The van der Waals surface area contributed by atoms with Gasteiger partial charge in [-0.25, -0.2) is 4.98 Å². The van der Waals surface area contributed by atoms with E-state index >= 15 is 0 Å². The highest BCUT2D eigenvalue weighted by atomic mass is 35.5. The summed E-state index contributed by atoms with van der Waals surface area (Å²) in [5.41, 5.74) is 5.07. The fourth-order valence-corrected chi connectivity index (χ4v) is 5.56. The van der Waals surface area contributed by atoms with E-state index in [0.29, 0.717) is 51.1 Å². The van der Waals surface area contributed by atoms with Crippen LogP contribution in [-0.4, -0.2) is 16.7 Å². The molecule has 3 aromatic rings. The van der Waals surface area contributed by atoms with Gasteiger partial charge in [0.05, 0.1) is 10.0 Å². The first-order chi connectivity index (χ1) is 17.3. The van der Waals surface area contributed by atoms with Crippen LogP contribution in [0.4, 0.5) is 5.82 Å². The summed E-state index contributed by atoms with van der Waals surface area (Å²) in [5.74, 6) is -0.476. The zero-order valence-electron chi connectivity index (χ0n) is 19.9. The molecular formula is C29H25Cl2N3O2. The highest BCUT2D eigenvalue weighted by Gasteiger charge is 2.41. The first-order valence-electron chi connectivity index (χ1n) is 11.8. The number of carbonyl (C=O) groups is 2. The van der Waals surface area contributed by atoms with Crippen molar-refractivity contribution in [2.24, 2.45) is 0 Å². The predicted molar refractivity (Wildman–Crippen MR) is 143 cm³/mol. The lowest BCUT2D eigenvalue weighted by molar-refractivity contribution is -0.116. The topological polar surface area (TPSA) is 71.1 Å². The van der Waals surface area contributed by atoms with Crippen LogP contribution in [0.1, 0.15) is 48.3 Å². The highest BCUT2D eigenvalue weighted by molar-refractivity contribution is 6.42. The molecule has 2 aliphatic rings. The first kappa shape index (κ1) is 24.3. The van der Waals surface area contributed by atoms with E-state index in [2.05, 4.69) is 27.8 Å². The summed E-state index contributed by atoms with van der Waals surface area (Å²) >= 11 is 13.1. The first-order valence-corrected chi connectivity index (χ1v) is 12.6. The van der Waals surface area contributed by atoms with Gasteiger partial charge >= 0.3 is 0 Å². The maximum atomic E-state index is 13.7. The summed E-state index contributed by atoms with van der Waals surface area (Å²) in [6.45, 7) is 3.73. The SMILES string of the molecule is CC1=C(C(=O)Nc2ncccc2C)[C@@H](c2cccc(Cl)c2Cl)C2=C(C[C@H](c3ccccc3)CC2=O)N1. The number of anilines is 1. The van der Waals surface area contributed by atoms with Gasteiger partial charge in [-0.2, -0.15) is 0 Å². The summed E-state index contributed by atoms with van der Waals surface area (Å²) in [7, 11) is 0. The van der Waals surface area contributed by atoms with E-state index in [9.17, 15) is 9.59 Å². The van der Waals surface area contributed by atoms with Crippen molar-refractivity contribution < 1.29 is 9.59 Å². The standard InChI is InChI=1S/C29H25Cl2N3O2/c1-16-8-7-13-32-28(16)34-29(36)24-17(2)33-22-14-19(18-9-4-3-5-10-18)15-23(35)26(22)25(24)20-11-6-12-21(30)27(20)31/h3-13,19,25,33H,14-15H2,1-2H3,(H,32,34,36)/t19-,25+/m0/s1. The Balaban J connectivity index is 1.61. The number of hydrogen-bond acceptors (Lipinski definition) is 4. The van der Waals surface area contributed by atoms with Crippen LogP contribution in [0.2, 0.25) is 10.0 Å². The summed E-state index contributed by atoms with van der Waals surface area (Å²) in [5, 5.41) is 7.04. The highest BCUT2D eigenvalue weighted by Crippen LogP contribution is 2.48. The molecule has 36 heavy (non-hydrogen) atoms. The van der Waals surface area contributed by atoms with E-state index in [1.54, 1.807) is 18.3 Å². The fraction of sp³-hybridized carbons (Fsp3) is 0.207. The normalized spacial score (nSPS) is 19.6. The number of amides is 1. The predicted octanol–water partition coefficient (Wildman–Crippen LogP) is 6.70. The Morgan fingerprint density at radius 2 is 1.78 bits per heavy atom. The van der Waals surface area contributed by atoms with Gasteiger partial charge in [-0.05, 0) is 55.0 Å². The second-order valence-corrected chi connectivity index (χ2v) is 9.98. The van der Waals surface area contributed by atoms with Gasteiger partial charge in [0.2, 0.25) is 0 Å². The molecule has 0 radical (unpaired) electrons. The number of benzene rings is 2. The monoisotopic (exact) mass is 517 g/mol. The minimum atomic E-state index is -0.652. The van der Waals surface area contributed by atoms with Crippen LogP contribution in [0.25, 0.3) is 0 Å². The molecule has 2 heterocycles. The number of pyridine rings is 1. The Bertz CT molecular complexity index is 1430. The number of rotatable bonds is 4. The second kappa shape index (κ2) is 9.92. The third-order valence-electron chi connectivity index (χ3n) is 6.88. The average molecular weight is 518 g/mol. The van der Waals surface area contributed by atoms with Crippen LogP contribution in [-0.2, 0) is 9.59 Å². The summed E-state index contributed by atoms with van der Waals surface area (Å²) in [6.07, 6.45) is 2.64. The van der Waals surface area contributed by atoms with E-state index in [4.69, 9.17) is 23.2 Å². The summed E-state index contributed by atoms with van der Waals surface area (Å²) in [4.78, 5) is 31.8. The average Bonchev–Trinajstić information content (AvgIpc) is 2.86. The maximum absolute atomic E-state index is 13.7. The van der Waals surface area contributed by atoms with Crippen molar-refractivity contribution in [3.8, 4) is 0 Å². The molecule has 0 bridgehead atoms. The van der Waals surface area contributed by atoms with Crippen molar-refractivity contribution >= 4 is 40.7 Å². The smallest absolute Gasteiger partial charge is 0.255 e. The molecule has 2 N–H and O–H groups in total. The Kier molecular flexibility index (Phi) is 6.69. The van der Waals surface area contributed by atoms with Crippen molar-refractivity contribution in [3.05, 3.63) is 116 Å². The molecule has 5 rings (SSSR count). The number of aryl methyl sites for hydroxylation is 1. The van der Waals surface area contributed by atoms with Crippen LogP contribution in [0.3, 0.4) is 0 Å². The number of nitrogens with zero attached hydrogens (tertiary/aromatic N) is 1. The van der Waals surface area contributed by atoms with Crippen LogP contribution < -0.4 is 10.6 Å². The summed E-state index contributed by atoms with van der Waals surface area (Å²) in [6, 6.07) is 19.1. The third kappa shape index (κ3) is 4.45. The number of Topliss-reactive ketones (excluding diaryl/α,β-unsaturated/α-hetero) is 1. The Morgan fingerprint density at radius 1 is 1.00 bits per heavy atom. The van der Waals surface area contributed by atoms with Crippen molar-refractivity contribution in [2.75, 3.05) is 5.32 Å². The lowest BCUT2D eigenvalue weighted by Gasteiger charge is -2.37. The van der Waals surface area contributed by atoms with Gasteiger partial charge in [-0.3, -0.25) is 9.59 Å². The zero-order valence-corrected chi connectivity index (χ0v) is 21.5. The van der Waals surface area contributed by atoms with E-state index in [1.807, 2.05) is 50.2 Å². The molecule has 2 aromatic carbocycles. The van der Waals surface area contributed by atoms with Crippen LogP contribution in [0.15, 0.2) is 89.4 Å². The third-order valence-corrected chi connectivity index (χ3v) is 7.71. The largest absolute Gasteiger partial charge is 0.362 e. The molecule has 0 spiro atoms. The number of dihydropyridines is 1. The van der Waals surface area contributed by atoms with Crippen molar-refractivity contribution in [1.29, 1.82) is 0 Å². The molecular weight excluding hydrogens is 493 g/mol. The van der Waals surface area contributed by atoms with Gasteiger partial charge in [-0.15, -0.1) is 0 Å². The molecule has 2 atom stereocenters. The van der Waals surface area contributed by atoms with E-state index < -0.39 is 5.92 Å². The number of hydrogen-bond donors (Lipinski definition) is 2. The molecule has 1 aromatic heterocycles. The minimum absolute atomic E-state index is 0.00883. The fourth-order valence-electron chi connectivity index (χ4n) is 5.15. The van der Waals surface area contributed by atoms with Crippen LogP contribution >= 0.6 is 23.2 Å². The molecule has 5 nitrogen and oxygen atoms in total. The molecule has 0 saturated heterocycles. The Labute approximate surface area is 220 Å². The number of halogens is 2. The maximum Gasteiger partial charge on any atom is 0.255 e. The lowest BCUT2D eigenvalue weighted by atomic mass is 9.71. The molecule has 7 heteroatoms. The number of ketones is 1. The minimum Gasteiger partial charge on any atom is -0.362 e. The van der Waals surface area contributed by atoms with E-state index in [1.165, 1.54) is 0 Å². The van der Waals surface area contributed by atoms with Crippen LogP contribution in [0, 0.1) is 6.92 Å². The Hall–Kier alpha value is -3.41. The van der Waals surface area contributed by atoms with E-state index in [-0.39, 0.29) is 17.6 Å². The number of allylic oxidation sites excluding steroid dienone is 3. The molecule has 1 amide bonds.